The third-order valence-corrected chi connectivity index (χ3v) is 5.66. The average molecular weight is 587 g/mol. The summed E-state index contributed by atoms with van der Waals surface area (Å²) in [6.45, 7) is 2.57. The summed E-state index contributed by atoms with van der Waals surface area (Å²) in [5.74, 6) is -4.62. The number of hydrogen-bond donors (Lipinski definition) is 6. The van der Waals surface area contributed by atoms with Crippen molar-refractivity contribution in [1.29, 1.82) is 0 Å². The summed E-state index contributed by atoms with van der Waals surface area (Å²) in [5.41, 5.74) is 2.07. The van der Waals surface area contributed by atoms with E-state index >= 15 is 0 Å². The number of anilines is 1. The van der Waals surface area contributed by atoms with Gasteiger partial charge in [-0.15, -0.1) is 0 Å². The molecule has 1 aromatic carbocycles. The van der Waals surface area contributed by atoms with E-state index in [0.29, 0.717) is 42.7 Å². The zero-order valence-corrected chi connectivity index (χ0v) is 22.4. The van der Waals surface area contributed by atoms with Crippen molar-refractivity contribution in [2.45, 2.75) is 25.4 Å². The van der Waals surface area contributed by atoms with Gasteiger partial charge >= 0.3 is 29.8 Å². The number of nitrogens with one attached hydrogen (secondary N) is 1. The zero-order chi connectivity index (χ0) is 31.2. The first-order chi connectivity index (χ1) is 19.8. The maximum absolute atomic E-state index is 11.1. The molecule has 3 heterocycles. The van der Waals surface area contributed by atoms with Gasteiger partial charge in [-0.05, 0) is 51.2 Å². The van der Waals surface area contributed by atoms with Gasteiger partial charge in [0, 0.05) is 30.3 Å². The Morgan fingerprint density at radius 2 is 1.43 bits per heavy atom. The summed E-state index contributed by atoms with van der Waals surface area (Å²) in [4.78, 5) is 56.4. The van der Waals surface area contributed by atoms with Crippen molar-refractivity contribution in [3.05, 3.63) is 72.2 Å². The highest BCUT2D eigenvalue weighted by molar-refractivity contribution is 5.90. The van der Waals surface area contributed by atoms with Gasteiger partial charge in [-0.25, -0.2) is 29.0 Å². The third-order valence-electron chi connectivity index (χ3n) is 5.66. The molecule has 1 saturated heterocycles. The topological polar surface area (TPSA) is 233 Å². The zero-order valence-electron chi connectivity index (χ0n) is 22.4. The Bertz CT molecular complexity index is 1400. The molecule has 2 aromatic heterocycles. The van der Waals surface area contributed by atoms with Crippen LogP contribution >= 0.6 is 0 Å². The molecule has 3 aromatic rings. The molecule has 6 N–H and O–H groups in total. The van der Waals surface area contributed by atoms with Gasteiger partial charge in [0.1, 0.15) is 12.0 Å². The van der Waals surface area contributed by atoms with Gasteiger partial charge in [-0.2, -0.15) is 0 Å². The normalized spacial score (nSPS) is 13.6. The second-order valence-electron chi connectivity index (χ2n) is 8.86. The van der Waals surface area contributed by atoms with Gasteiger partial charge in [0.15, 0.2) is 0 Å². The molecule has 0 spiro atoms. The number of carboxylic acids is 5. The number of carbonyl (C=O) groups is 5. The summed E-state index contributed by atoms with van der Waals surface area (Å²) in [6, 6.07) is 9.89. The summed E-state index contributed by atoms with van der Waals surface area (Å²) < 4.78 is 7.50. The van der Waals surface area contributed by atoms with E-state index in [1.54, 1.807) is 6.07 Å². The summed E-state index contributed by atoms with van der Waals surface area (Å²) in [6.07, 6.45) is 5.66. The molecule has 0 aliphatic carbocycles. The second kappa shape index (κ2) is 16.0. The average Bonchev–Trinajstić information content (AvgIpc) is 3.54. The molecule has 0 amide bonds. The largest absolute Gasteiger partial charge is 0.478 e. The Balaban J connectivity index is 0.000000319. The molecule has 15 heteroatoms. The van der Waals surface area contributed by atoms with Gasteiger partial charge in [-0.3, -0.25) is 0 Å². The third kappa shape index (κ3) is 11.4. The van der Waals surface area contributed by atoms with Crippen LogP contribution in [0.4, 0.5) is 5.95 Å². The molecule has 42 heavy (non-hydrogen) atoms. The van der Waals surface area contributed by atoms with Crippen LogP contribution in [0.1, 0.15) is 29.0 Å². The van der Waals surface area contributed by atoms with Gasteiger partial charge < -0.3 is 44.7 Å². The van der Waals surface area contributed by atoms with Crippen molar-refractivity contribution in [2.75, 3.05) is 25.5 Å². The minimum absolute atomic E-state index is 0.161. The number of benzene rings is 1. The van der Waals surface area contributed by atoms with Gasteiger partial charge in [-0.1, -0.05) is 12.1 Å². The molecule has 1 fully saturated rings. The number of hydrogen-bond acceptors (Lipinski definition) is 9. The van der Waals surface area contributed by atoms with Crippen LogP contribution in [-0.4, -0.2) is 96.0 Å². The number of fused-ring (bicyclic) bond motifs is 1. The second-order valence-corrected chi connectivity index (χ2v) is 8.86. The highest BCUT2D eigenvalue weighted by Crippen LogP contribution is 2.24. The quantitative estimate of drug-likeness (QED) is 0.198. The molecular weight excluding hydrogens is 556 g/mol. The fourth-order valence-electron chi connectivity index (χ4n) is 3.70. The highest BCUT2D eigenvalue weighted by Gasteiger charge is 2.20. The van der Waals surface area contributed by atoms with E-state index in [1.807, 2.05) is 24.3 Å². The van der Waals surface area contributed by atoms with E-state index in [9.17, 15) is 24.0 Å². The number of imidazole rings is 1. The van der Waals surface area contributed by atoms with Crippen LogP contribution in [0.15, 0.2) is 65.3 Å². The van der Waals surface area contributed by atoms with Crippen LogP contribution < -0.4 is 5.32 Å². The lowest BCUT2D eigenvalue weighted by atomic mass is 10.1. The Labute approximate surface area is 238 Å². The van der Waals surface area contributed by atoms with Gasteiger partial charge in [0.2, 0.25) is 5.95 Å². The molecule has 0 bridgehead atoms. The molecule has 1 aliphatic heterocycles. The maximum Gasteiger partial charge on any atom is 0.338 e. The first-order valence-electron chi connectivity index (χ1n) is 12.3. The standard InChI is InChI=1S/C19H22N4O3.2C4H4O4/c1-22-8-6-14(7-9-22)20-19-21-16-4-2-3-5-17(16)23(19)11-15-10-13(12-26-15)18(24)25;2*5-3(6)1-2-4(7)8/h2-5,10,12,14H,6-9,11H2,1H3,(H,20,21)(H,24,25);2*1-2H,(H,5,6)(H,7,8)/b;2-1+;. The predicted octanol–water partition coefficient (Wildman–Crippen LogP) is 2.31. The fourth-order valence-corrected chi connectivity index (χ4v) is 3.70. The van der Waals surface area contributed by atoms with E-state index in [0.717, 1.165) is 42.9 Å². The van der Waals surface area contributed by atoms with Crippen molar-refractivity contribution in [3.63, 3.8) is 0 Å². The molecule has 224 valence electrons. The SMILES string of the molecule is CN1CCC(Nc2nc3ccccc3n2Cc2cc(C(=O)O)co2)CC1.O=C(O)/C=C/C(=O)O.O=C(O)C=CC(=O)O. The minimum atomic E-state index is -1.26. The molecule has 0 atom stereocenters. The number of nitrogens with zero attached hydrogens (tertiary/aromatic N) is 3. The monoisotopic (exact) mass is 586 g/mol. The number of para-hydroxylation sites is 2. The maximum atomic E-state index is 11.1. The predicted molar refractivity (Wildman–Crippen MR) is 147 cm³/mol. The molecule has 1 aliphatic rings. The van der Waals surface area contributed by atoms with Crippen molar-refractivity contribution in [3.8, 4) is 0 Å². The molecule has 0 unspecified atom stereocenters. The Kier molecular flexibility index (Phi) is 12.5. The van der Waals surface area contributed by atoms with E-state index in [-0.39, 0.29) is 5.56 Å². The molecule has 0 radical (unpaired) electrons. The number of likely N-dealkylation sites (tertiary alicyclic amines) is 1. The van der Waals surface area contributed by atoms with E-state index in [2.05, 4.69) is 21.8 Å². The fraction of sp³-hybridized carbons (Fsp3) is 0.259. The Hall–Kier alpha value is -5.44. The van der Waals surface area contributed by atoms with Gasteiger partial charge in [0.05, 0.1) is 23.1 Å². The lowest BCUT2D eigenvalue weighted by Crippen LogP contribution is -2.37. The smallest absolute Gasteiger partial charge is 0.338 e. The van der Waals surface area contributed by atoms with Crippen molar-refractivity contribution >= 4 is 46.8 Å². The molecule has 4 rings (SSSR count). The lowest BCUT2D eigenvalue weighted by Gasteiger charge is -2.29. The van der Waals surface area contributed by atoms with Crippen LogP contribution in [0.3, 0.4) is 0 Å². The van der Waals surface area contributed by atoms with E-state index in [4.69, 9.17) is 34.9 Å². The number of furan rings is 1. The van der Waals surface area contributed by atoms with Crippen LogP contribution in [0.5, 0.6) is 0 Å². The van der Waals surface area contributed by atoms with Gasteiger partial charge in [0.25, 0.3) is 0 Å². The number of aromatic carboxylic acids is 1. The first-order valence-corrected chi connectivity index (χ1v) is 12.3. The molecular formula is C27H30N4O11. The Morgan fingerprint density at radius 3 is 1.90 bits per heavy atom. The van der Waals surface area contributed by atoms with Crippen LogP contribution in [0.25, 0.3) is 11.0 Å². The van der Waals surface area contributed by atoms with Crippen molar-refractivity contribution < 1.29 is 53.9 Å². The van der Waals surface area contributed by atoms with E-state index < -0.39 is 29.8 Å². The lowest BCUT2D eigenvalue weighted by molar-refractivity contribution is -0.134. The van der Waals surface area contributed by atoms with Crippen molar-refractivity contribution in [2.24, 2.45) is 0 Å². The minimum Gasteiger partial charge on any atom is -0.478 e. The highest BCUT2D eigenvalue weighted by atomic mass is 16.4. The molecule has 0 saturated carbocycles. The number of carboxylic acid groups (broad SMARTS) is 5. The van der Waals surface area contributed by atoms with Crippen LogP contribution in [0.2, 0.25) is 0 Å². The van der Waals surface area contributed by atoms with Crippen molar-refractivity contribution in [1.82, 2.24) is 14.5 Å². The van der Waals surface area contributed by atoms with E-state index in [1.165, 1.54) is 6.26 Å². The summed E-state index contributed by atoms with van der Waals surface area (Å²) in [7, 11) is 2.14. The van der Waals surface area contributed by atoms with Crippen LogP contribution in [0, 0.1) is 0 Å². The molecule has 15 nitrogen and oxygen atoms in total. The van der Waals surface area contributed by atoms with Crippen LogP contribution in [-0.2, 0) is 25.7 Å². The Morgan fingerprint density at radius 1 is 0.905 bits per heavy atom. The number of rotatable bonds is 9. The summed E-state index contributed by atoms with van der Waals surface area (Å²) in [5, 5.41) is 43.9. The summed E-state index contributed by atoms with van der Waals surface area (Å²) >= 11 is 0. The first kappa shape index (κ1) is 32.8. The number of piperidine rings is 1. The number of aliphatic carboxylic acids is 4. The number of aromatic nitrogens is 2.